The van der Waals surface area contributed by atoms with Gasteiger partial charge in [-0.1, -0.05) is 12.1 Å². The highest BCUT2D eigenvalue weighted by Crippen LogP contribution is 2.11. The third kappa shape index (κ3) is 3.89. The van der Waals surface area contributed by atoms with Crippen LogP contribution in [0.3, 0.4) is 0 Å². The van der Waals surface area contributed by atoms with E-state index in [-0.39, 0.29) is 12.0 Å². The first-order chi connectivity index (χ1) is 7.34. The van der Waals surface area contributed by atoms with Gasteiger partial charge in [-0.2, -0.15) is 0 Å². The first-order valence-electron chi connectivity index (χ1n) is 5.41. The Balaban J connectivity index is 0.00000128. The highest BCUT2D eigenvalue weighted by molar-refractivity contribution is 5.14. The van der Waals surface area contributed by atoms with Crippen molar-refractivity contribution < 1.29 is 9.13 Å². The fraction of sp³-hybridized carbons (Fsp3) is 0.500. The Labute approximate surface area is 95.6 Å². The molecule has 1 aromatic rings. The zero-order chi connectivity index (χ0) is 10.5. The van der Waals surface area contributed by atoms with Crippen LogP contribution in [0, 0.1) is 5.82 Å². The molecule has 4 N–H and O–H groups in total. The Hall–Kier alpha value is -0.970. The summed E-state index contributed by atoms with van der Waals surface area (Å²) in [5, 5.41) is 3.29. The van der Waals surface area contributed by atoms with E-state index in [9.17, 15) is 4.39 Å². The average Bonchev–Trinajstić information content (AvgIpc) is 2.30. The highest BCUT2D eigenvalue weighted by atomic mass is 19.1. The predicted octanol–water partition coefficient (Wildman–Crippen LogP) is 2.26. The molecule has 0 unspecified atom stereocenters. The number of rotatable bonds is 3. The number of benzene rings is 1. The maximum Gasteiger partial charge on any atom is 0.123 e. The van der Waals surface area contributed by atoms with Gasteiger partial charge in [-0.25, -0.2) is 4.39 Å². The smallest absolute Gasteiger partial charge is 0.123 e. The lowest BCUT2D eigenvalue weighted by Crippen LogP contribution is -2.32. The molecule has 1 heterocycles. The maximum atomic E-state index is 12.6. The van der Waals surface area contributed by atoms with Crippen molar-refractivity contribution in [3.05, 3.63) is 35.6 Å². The predicted molar refractivity (Wildman–Crippen MR) is 62.1 cm³/mol. The van der Waals surface area contributed by atoms with E-state index in [4.69, 9.17) is 4.74 Å². The first-order valence-corrected chi connectivity index (χ1v) is 5.41. The normalized spacial score (nSPS) is 16.8. The molecule has 1 aliphatic rings. The number of piperidine rings is 1. The summed E-state index contributed by atoms with van der Waals surface area (Å²) in [4.78, 5) is 0. The lowest BCUT2D eigenvalue weighted by Gasteiger charge is -2.22. The molecule has 0 spiro atoms. The van der Waals surface area contributed by atoms with Crippen LogP contribution < -0.4 is 11.5 Å². The van der Waals surface area contributed by atoms with Crippen molar-refractivity contribution >= 4 is 0 Å². The minimum atomic E-state index is -0.194. The molecule has 0 aliphatic carbocycles. The Morgan fingerprint density at radius 2 is 1.81 bits per heavy atom. The minimum absolute atomic E-state index is 0. The molecule has 3 nitrogen and oxygen atoms in total. The molecule has 0 amide bonds. The van der Waals surface area contributed by atoms with E-state index < -0.39 is 0 Å². The van der Waals surface area contributed by atoms with E-state index in [0.717, 1.165) is 31.5 Å². The van der Waals surface area contributed by atoms with E-state index >= 15 is 0 Å². The molecule has 0 saturated carbocycles. The summed E-state index contributed by atoms with van der Waals surface area (Å²) in [6.07, 6.45) is 2.50. The molecule has 1 fully saturated rings. The van der Waals surface area contributed by atoms with Crippen LogP contribution in [0.2, 0.25) is 0 Å². The number of hydrogen-bond acceptors (Lipinski definition) is 3. The van der Waals surface area contributed by atoms with Crippen molar-refractivity contribution in [2.75, 3.05) is 13.1 Å². The Morgan fingerprint density at radius 1 is 1.19 bits per heavy atom. The second-order valence-corrected chi connectivity index (χ2v) is 3.89. The zero-order valence-electron chi connectivity index (χ0n) is 9.42. The van der Waals surface area contributed by atoms with Crippen molar-refractivity contribution in [1.82, 2.24) is 11.5 Å². The molecule has 1 saturated heterocycles. The van der Waals surface area contributed by atoms with Gasteiger partial charge in [0.1, 0.15) is 5.82 Å². The lowest BCUT2D eigenvalue weighted by molar-refractivity contribution is 0.0212. The summed E-state index contributed by atoms with van der Waals surface area (Å²) in [5.41, 5.74) is 1.04. The summed E-state index contributed by atoms with van der Waals surface area (Å²) >= 11 is 0. The molecule has 90 valence electrons. The Kier molecular flexibility index (Phi) is 5.38. The van der Waals surface area contributed by atoms with Gasteiger partial charge in [-0.05, 0) is 43.6 Å². The third-order valence-electron chi connectivity index (χ3n) is 2.69. The topological polar surface area (TPSA) is 56.3 Å². The van der Waals surface area contributed by atoms with Crippen LogP contribution in [0.1, 0.15) is 18.4 Å². The number of hydrogen-bond donors (Lipinski definition) is 2. The van der Waals surface area contributed by atoms with Crippen molar-refractivity contribution in [3.8, 4) is 0 Å². The first kappa shape index (κ1) is 13.1. The summed E-state index contributed by atoms with van der Waals surface area (Å²) in [5.74, 6) is -0.194. The monoisotopic (exact) mass is 226 g/mol. The van der Waals surface area contributed by atoms with E-state index in [1.54, 1.807) is 12.1 Å². The van der Waals surface area contributed by atoms with Crippen molar-refractivity contribution in [2.24, 2.45) is 0 Å². The van der Waals surface area contributed by atoms with Gasteiger partial charge in [0.05, 0.1) is 12.7 Å². The van der Waals surface area contributed by atoms with Gasteiger partial charge < -0.3 is 16.2 Å². The van der Waals surface area contributed by atoms with E-state index in [2.05, 4.69) is 5.32 Å². The fourth-order valence-corrected chi connectivity index (χ4v) is 1.76. The average molecular weight is 226 g/mol. The van der Waals surface area contributed by atoms with Gasteiger partial charge in [0.25, 0.3) is 0 Å². The molecule has 0 atom stereocenters. The second-order valence-electron chi connectivity index (χ2n) is 3.89. The zero-order valence-corrected chi connectivity index (χ0v) is 9.42. The largest absolute Gasteiger partial charge is 0.373 e. The lowest BCUT2D eigenvalue weighted by atomic mass is 10.1. The van der Waals surface area contributed by atoms with Crippen LogP contribution in [-0.4, -0.2) is 19.2 Å². The SMILES string of the molecule is Fc1ccc(COC2CCNCC2)cc1.N. The van der Waals surface area contributed by atoms with Crippen LogP contribution in [0.25, 0.3) is 0 Å². The van der Waals surface area contributed by atoms with Gasteiger partial charge in [-0.3, -0.25) is 0 Å². The second kappa shape index (κ2) is 6.58. The summed E-state index contributed by atoms with van der Waals surface area (Å²) in [6.45, 7) is 2.66. The standard InChI is InChI=1S/C12H16FNO.H3N/c13-11-3-1-10(2-4-11)9-15-12-5-7-14-8-6-12;/h1-4,12,14H,5-9H2;1H3. The van der Waals surface area contributed by atoms with Crippen LogP contribution in [-0.2, 0) is 11.3 Å². The van der Waals surface area contributed by atoms with Crippen LogP contribution in [0.4, 0.5) is 4.39 Å². The quantitative estimate of drug-likeness (QED) is 0.831. The van der Waals surface area contributed by atoms with Gasteiger partial charge in [-0.15, -0.1) is 0 Å². The Morgan fingerprint density at radius 3 is 2.44 bits per heavy atom. The summed E-state index contributed by atoms with van der Waals surface area (Å²) < 4.78 is 18.4. The van der Waals surface area contributed by atoms with Crippen LogP contribution >= 0.6 is 0 Å². The molecule has 1 aromatic carbocycles. The molecule has 16 heavy (non-hydrogen) atoms. The third-order valence-corrected chi connectivity index (χ3v) is 2.69. The molecule has 0 aromatic heterocycles. The number of nitrogens with one attached hydrogen (secondary N) is 1. The highest BCUT2D eigenvalue weighted by Gasteiger charge is 2.12. The molecular formula is C12H19FN2O. The van der Waals surface area contributed by atoms with Crippen molar-refractivity contribution in [1.29, 1.82) is 0 Å². The van der Waals surface area contributed by atoms with Gasteiger partial charge in [0.2, 0.25) is 0 Å². The van der Waals surface area contributed by atoms with Gasteiger partial charge in [0, 0.05) is 0 Å². The van der Waals surface area contributed by atoms with Crippen LogP contribution in [0.15, 0.2) is 24.3 Å². The number of ether oxygens (including phenoxy) is 1. The van der Waals surface area contributed by atoms with E-state index in [1.165, 1.54) is 12.1 Å². The minimum Gasteiger partial charge on any atom is -0.373 e. The van der Waals surface area contributed by atoms with Crippen LogP contribution in [0.5, 0.6) is 0 Å². The molecule has 0 bridgehead atoms. The molecule has 2 rings (SSSR count). The van der Waals surface area contributed by atoms with Gasteiger partial charge >= 0.3 is 0 Å². The van der Waals surface area contributed by atoms with E-state index in [1.807, 2.05) is 0 Å². The molecule has 4 heteroatoms. The van der Waals surface area contributed by atoms with Crippen molar-refractivity contribution in [3.63, 3.8) is 0 Å². The molecule has 1 aliphatic heterocycles. The molecule has 0 radical (unpaired) electrons. The maximum absolute atomic E-state index is 12.6. The summed E-state index contributed by atoms with van der Waals surface area (Å²) in [7, 11) is 0. The Bertz CT molecular complexity index is 296. The van der Waals surface area contributed by atoms with E-state index in [0.29, 0.717) is 12.7 Å². The fourth-order valence-electron chi connectivity index (χ4n) is 1.76. The van der Waals surface area contributed by atoms with Crippen molar-refractivity contribution in [2.45, 2.75) is 25.6 Å². The van der Waals surface area contributed by atoms with Gasteiger partial charge in [0.15, 0.2) is 0 Å². The summed E-state index contributed by atoms with van der Waals surface area (Å²) in [6, 6.07) is 6.50. The number of halogens is 1. The molecular weight excluding hydrogens is 207 g/mol.